The summed E-state index contributed by atoms with van der Waals surface area (Å²) in [5.74, 6) is -0.705. The van der Waals surface area contributed by atoms with Gasteiger partial charge in [-0.25, -0.2) is 5.10 Å². The molecule has 108 valence electrons. The fraction of sp³-hybridized carbons (Fsp3) is 0.200. The number of hydrogen-bond donors (Lipinski definition) is 1. The number of carbonyl (C=O) groups excluding carboxylic acids is 1. The van der Waals surface area contributed by atoms with E-state index in [-0.39, 0.29) is 23.6 Å². The van der Waals surface area contributed by atoms with Crippen LogP contribution >= 0.6 is 0 Å². The SMILES string of the molecule is CCOc1c(C)c(=O)[nH]nc(C(=O)c2ccccc2)c1=O. The normalized spacial score (nSPS) is 10.2. The molecule has 6 heteroatoms. The highest BCUT2D eigenvalue weighted by molar-refractivity contribution is 6.07. The summed E-state index contributed by atoms with van der Waals surface area (Å²) in [6.07, 6.45) is 0. The van der Waals surface area contributed by atoms with Gasteiger partial charge in [-0.05, 0) is 13.8 Å². The smallest absolute Gasteiger partial charge is 0.270 e. The maximum Gasteiger partial charge on any atom is 0.270 e. The van der Waals surface area contributed by atoms with Crippen molar-refractivity contribution >= 4 is 5.78 Å². The van der Waals surface area contributed by atoms with E-state index in [1.54, 1.807) is 37.3 Å². The summed E-state index contributed by atoms with van der Waals surface area (Å²) in [5, 5.41) is 5.82. The second-order valence-corrected chi connectivity index (χ2v) is 4.31. The second-order valence-electron chi connectivity index (χ2n) is 4.31. The number of benzene rings is 1. The van der Waals surface area contributed by atoms with Gasteiger partial charge in [0, 0.05) is 5.56 Å². The predicted octanol–water partition coefficient (Wildman–Crippen LogP) is 1.07. The lowest BCUT2D eigenvalue weighted by Gasteiger charge is -2.01. The molecule has 1 aromatic heterocycles. The first kappa shape index (κ1) is 14.6. The molecule has 0 spiro atoms. The van der Waals surface area contributed by atoms with Crippen LogP contribution in [0.1, 0.15) is 28.5 Å². The van der Waals surface area contributed by atoms with Crippen LogP contribution in [0.2, 0.25) is 0 Å². The van der Waals surface area contributed by atoms with Gasteiger partial charge in [0.15, 0.2) is 11.4 Å². The van der Waals surface area contributed by atoms with Crippen molar-refractivity contribution in [2.45, 2.75) is 13.8 Å². The van der Waals surface area contributed by atoms with Crippen molar-refractivity contribution in [1.29, 1.82) is 0 Å². The van der Waals surface area contributed by atoms with E-state index in [4.69, 9.17) is 4.74 Å². The van der Waals surface area contributed by atoms with Crippen LogP contribution < -0.4 is 15.7 Å². The molecule has 1 aromatic carbocycles. The lowest BCUT2D eigenvalue weighted by atomic mass is 10.1. The first-order chi connectivity index (χ1) is 10.1. The van der Waals surface area contributed by atoms with Gasteiger partial charge in [-0.15, -0.1) is 0 Å². The van der Waals surface area contributed by atoms with Crippen molar-refractivity contribution in [3.8, 4) is 5.75 Å². The molecule has 0 bridgehead atoms. The minimum Gasteiger partial charge on any atom is -0.489 e. The van der Waals surface area contributed by atoms with Crippen molar-refractivity contribution in [3.05, 3.63) is 67.7 Å². The summed E-state index contributed by atoms with van der Waals surface area (Å²) in [4.78, 5) is 36.5. The molecule has 6 nitrogen and oxygen atoms in total. The molecule has 0 saturated heterocycles. The molecule has 0 radical (unpaired) electrons. The first-order valence-corrected chi connectivity index (χ1v) is 6.42. The van der Waals surface area contributed by atoms with Crippen molar-refractivity contribution in [2.24, 2.45) is 0 Å². The monoisotopic (exact) mass is 286 g/mol. The van der Waals surface area contributed by atoms with E-state index in [1.807, 2.05) is 0 Å². The molecular formula is C15H14N2O4. The van der Waals surface area contributed by atoms with Gasteiger partial charge in [-0.3, -0.25) is 14.4 Å². The van der Waals surface area contributed by atoms with Crippen LogP contribution in [0.3, 0.4) is 0 Å². The number of ether oxygens (including phenoxy) is 1. The number of nitrogens with zero attached hydrogens (tertiary/aromatic N) is 1. The number of carbonyl (C=O) groups is 1. The predicted molar refractivity (Wildman–Crippen MR) is 76.9 cm³/mol. The lowest BCUT2D eigenvalue weighted by molar-refractivity contribution is 0.103. The number of H-pyrrole nitrogens is 1. The summed E-state index contributed by atoms with van der Waals surface area (Å²) in [6.45, 7) is 3.34. The zero-order valence-corrected chi connectivity index (χ0v) is 11.7. The topological polar surface area (TPSA) is 89.1 Å². The molecule has 0 unspecified atom stereocenters. The minimum atomic E-state index is -0.693. The lowest BCUT2D eigenvalue weighted by Crippen LogP contribution is -2.18. The van der Waals surface area contributed by atoms with Crippen LogP contribution in [0.15, 0.2) is 39.9 Å². The van der Waals surface area contributed by atoms with Gasteiger partial charge in [0.05, 0.1) is 12.2 Å². The molecule has 0 aliphatic heterocycles. The van der Waals surface area contributed by atoms with Crippen molar-refractivity contribution < 1.29 is 9.53 Å². The van der Waals surface area contributed by atoms with Crippen molar-refractivity contribution in [2.75, 3.05) is 6.61 Å². The number of ketones is 1. The quantitative estimate of drug-likeness (QED) is 0.849. The third kappa shape index (κ3) is 2.89. The molecule has 1 heterocycles. The molecule has 0 amide bonds. The van der Waals surface area contributed by atoms with Gasteiger partial charge in [0.1, 0.15) is 0 Å². The van der Waals surface area contributed by atoms with Crippen LogP contribution in [0, 0.1) is 6.92 Å². The molecule has 0 saturated carbocycles. The van der Waals surface area contributed by atoms with Gasteiger partial charge in [0.2, 0.25) is 5.78 Å². The van der Waals surface area contributed by atoms with Crippen LogP contribution in [-0.4, -0.2) is 22.6 Å². The van der Waals surface area contributed by atoms with E-state index in [1.165, 1.54) is 6.92 Å². The Bertz CT molecular complexity index is 782. The molecule has 0 atom stereocenters. The Morgan fingerprint density at radius 1 is 1.24 bits per heavy atom. The molecule has 1 N–H and O–H groups in total. The van der Waals surface area contributed by atoms with Crippen molar-refractivity contribution in [3.63, 3.8) is 0 Å². The Balaban J connectivity index is 2.69. The molecule has 21 heavy (non-hydrogen) atoms. The Hall–Kier alpha value is -2.76. The van der Waals surface area contributed by atoms with Crippen LogP contribution in [-0.2, 0) is 0 Å². The molecule has 2 aromatic rings. The maximum absolute atomic E-state index is 12.4. The molecule has 0 aliphatic carbocycles. The van der Waals surface area contributed by atoms with E-state index in [2.05, 4.69) is 10.2 Å². The summed E-state index contributed by atoms with van der Waals surface area (Å²) in [6, 6.07) is 8.25. The molecular weight excluding hydrogens is 272 g/mol. The van der Waals surface area contributed by atoms with Crippen LogP contribution in [0.4, 0.5) is 0 Å². The van der Waals surface area contributed by atoms with E-state index >= 15 is 0 Å². The van der Waals surface area contributed by atoms with Gasteiger partial charge < -0.3 is 4.74 Å². The number of aromatic nitrogens is 2. The van der Waals surface area contributed by atoms with Gasteiger partial charge in [-0.2, -0.15) is 5.10 Å². The number of rotatable bonds is 4. The van der Waals surface area contributed by atoms with Gasteiger partial charge >= 0.3 is 0 Å². The summed E-state index contributed by atoms with van der Waals surface area (Å²) in [7, 11) is 0. The molecule has 0 fully saturated rings. The van der Waals surface area contributed by atoms with Crippen LogP contribution in [0.25, 0.3) is 0 Å². The van der Waals surface area contributed by atoms with Crippen molar-refractivity contribution in [1.82, 2.24) is 10.2 Å². The van der Waals surface area contributed by atoms with E-state index in [0.717, 1.165) is 0 Å². The highest BCUT2D eigenvalue weighted by Crippen LogP contribution is 2.09. The van der Waals surface area contributed by atoms with Crippen LogP contribution in [0.5, 0.6) is 5.75 Å². The zero-order valence-electron chi connectivity index (χ0n) is 11.7. The summed E-state index contributed by atoms with van der Waals surface area (Å²) >= 11 is 0. The Morgan fingerprint density at radius 2 is 1.90 bits per heavy atom. The van der Waals surface area contributed by atoms with E-state index in [9.17, 15) is 14.4 Å². The number of hydrogen-bond acceptors (Lipinski definition) is 5. The Kier molecular flexibility index (Phi) is 4.27. The molecule has 0 aliphatic rings. The van der Waals surface area contributed by atoms with Gasteiger partial charge in [-0.1, -0.05) is 30.3 Å². The largest absolute Gasteiger partial charge is 0.489 e. The fourth-order valence-corrected chi connectivity index (χ4v) is 1.82. The maximum atomic E-state index is 12.4. The minimum absolute atomic E-state index is 0.0986. The van der Waals surface area contributed by atoms with E-state index in [0.29, 0.717) is 5.56 Å². The Morgan fingerprint density at radius 3 is 2.52 bits per heavy atom. The number of nitrogens with one attached hydrogen (secondary N) is 1. The zero-order chi connectivity index (χ0) is 15.4. The van der Waals surface area contributed by atoms with E-state index < -0.39 is 16.8 Å². The average molecular weight is 286 g/mol. The fourth-order valence-electron chi connectivity index (χ4n) is 1.82. The number of aromatic amines is 1. The second kappa shape index (κ2) is 6.13. The first-order valence-electron chi connectivity index (χ1n) is 6.42. The Labute approximate surface area is 120 Å². The summed E-state index contributed by atoms with van der Waals surface area (Å²) < 4.78 is 5.21. The third-order valence-corrected chi connectivity index (χ3v) is 2.91. The summed E-state index contributed by atoms with van der Waals surface area (Å²) in [5.41, 5.74) is -1.21. The molecule has 2 rings (SSSR count). The highest BCUT2D eigenvalue weighted by atomic mass is 16.5. The average Bonchev–Trinajstić information content (AvgIpc) is 2.61. The van der Waals surface area contributed by atoms with Gasteiger partial charge in [0.25, 0.3) is 11.0 Å². The highest BCUT2D eigenvalue weighted by Gasteiger charge is 2.19. The third-order valence-electron chi connectivity index (χ3n) is 2.91. The standard InChI is InChI=1S/C15H14N2O4/c1-3-21-14-9(2)15(20)17-16-11(13(14)19)12(18)10-7-5-4-6-8-10/h4-8H,3H2,1-2H3,(H,17,20).